The van der Waals surface area contributed by atoms with Crippen LogP contribution in [0.15, 0.2) is 28.7 Å². The molecule has 84 valence electrons. The molecule has 0 bridgehead atoms. The number of tetrazole rings is 1. The van der Waals surface area contributed by atoms with Crippen LogP contribution >= 0.6 is 15.9 Å². The number of nitrogens with zero attached hydrogens (tertiary/aromatic N) is 4. The second-order valence-corrected chi connectivity index (χ2v) is 4.26. The third kappa shape index (κ3) is 2.45. The van der Waals surface area contributed by atoms with Crippen molar-refractivity contribution >= 4 is 15.9 Å². The monoisotopic (exact) mass is 281 g/mol. The van der Waals surface area contributed by atoms with Crippen LogP contribution in [-0.4, -0.2) is 33.8 Å². The molecular weight excluding hydrogens is 270 g/mol. The molecule has 0 aliphatic rings. The Morgan fingerprint density at radius 2 is 2.31 bits per heavy atom. The fourth-order valence-electron chi connectivity index (χ4n) is 1.41. The van der Waals surface area contributed by atoms with Gasteiger partial charge in [-0.25, -0.2) is 0 Å². The van der Waals surface area contributed by atoms with Gasteiger partial charge in [-0.15, -0.1) is 5.10 Å². The molecule has 1 aromatic carbocycles. The molecule has 0 aliphatic heterocycles. The second-order valence-electron chi connectivity index (χ2n) is 3.34. The van der Waals surface area contributed by atoms with Gasteiger partial charge in [0.05, 0.1) is 5.69 Å². The Morgan fingerprint density at radius 3 is 3.06 bits per heavy atom. The molecule has 2 aromatic rings. The Kier molecular flexibility index (Phi) is 3.63. The predicted octanol–water partition coefficient (Wildman–Crippen LogP) is 1.19. The number of nitrogens with one attached hydrogen (secondary N) is 1. The number of halogens is 1. The molecule has 0 atom stereocenters. The molecule has 0 saturated carbocycles. The number of likely N-dealkylation sites (N-methyl/N-ethyl adjacent to an activating group) is 1. The van der Waals surface area contributed by atoms with Gasteiger partial charge in [-0.1, -0.05) is 22.0 Å². The SMILES string of the molecule is CNCCc1nnnn1-c1cccc(Br)c1. The van der Waals surface area contributed by atoms with E-state index in [2.05, 4.69) is 36.8 Å². The van der Waals surface area contributed by atoms with Crippen molar-refractivity contribution in [3.05, 3.63) is 34.6 Å². The number of hydrogen-bond acceptors (Lipinski definition) is 4. The number of aromatic nitrogens is 4. The standard InChI is InChI=1S/C10H12BrN5/c1-12-6-5-10-13-14-15-16(10)9-4-2-3-8(11)7-9/h2-4,7,12H,5-6H2,1H3. The van der Waals surface area contributed by atoms with Gasteiger partial charge in [-0.3, -0.25) is 0 Å². The van der Waals surface area contributed by atoms with Crippen LogP contribution in [0.2, 0.25) is 0 Å². The average Bonchev–Trinajstić information content (AvgIpc) is 2.74. The second kappa shape index (κ2) is 5.18. The van der Waals surface area contributed by atoms with Crippen molar-refractivity contribution in [2.45, 2.75) is 6.42 Å². The Hall–Kier alpha value is -1.27. The Bertz CT molecular complexity index is 468. The maximum atomic E-state index is 4.01. The Labute approximate surface area is 102 Å². The summed E-state index contributed by atoms with van der Waals surface area (Å²) in [6, 6.07) is 7.90. The highest BCUT2D eigenvalue weighted by Crippen LogP contribution is 2.15. The highest BCUT2D eigenvalue weighted by molar-refractivity contribution is 9.10. The summed E-state index contributed by atoms with van der Waals surface area (Å²) >= 11 is 3.43. The number of hydrogen-bond donors (Lipinski definition) is 1. The van der Waals surface area contributed by atoms with Crippen molar-refractivity contribution in [3.8, 4) is 5.69 Å². The smallest absolute Gasteiger partial charge is 0.157 e. The summed E-state index contributed by atoms with van der Waals surface area (Å²) in [7, 11) is 1.91. The van der Waals surface area contributed by atoms with Crippen molar-refractivity contribution in [2.24, 2.45) is 0 Å². The van der Waals surface area contributed by atoms with E-state index in [1.54, 1.807) is 4.68 Å². The molecular formula is C10H12BrN5. The predicted molar refractivity (Wildman–Crippen MR) is 64.5 cm³/mol. The van der Waals surface area contributed by atoms with Gasteiger partial charge in [0.1, 0.15) is 0 Å². The maximum absolute atomic E-state index is 4.01. The van der Waals surface area contributed by atoms with E-state index < -0.39 is 0 Å². The third-order valence-electron chi connectivity index (χ3n) is 2.19. The molecule has 0 unspecified atom stereocenters. The molecule has 1 heterocycles. The first kappa shape index (κ1) is 11.2. The van der Waals surface area contributed by atoms with Crippen molar-refractivity contribution in [1.82, 2.24) is 25.5 Å². The lowest BCUT2D eigenvalue weighted by Gasteiger charge is -2.04. The molecule has 5 nitrogen and oxygen atoms in total. The van der Waals surface area contributed by atoms with Gasteiger partial charge in [0.25, 0.3) is 0 Å². The van der Waals surface area contributed by atoms with E-state index in [1.807, 2.05) is 31.3 Å². The van der Waals surface area contributed by atoms with Gasteiger partial charge in [0.2, 0.25) is 0 Å². The molecule has 0 amide bonds. The fourth-order valence-corrected chi connectivity index (χ4v) is 1.79. The van der Waals surface area contributed by atoms with Crippen molar-refractivity contribution in [2.75, 3.05) is 13.6 Å². The summed E-state index contributed by atoms with van der Waals surface area (Å²) in [5.41, 5.74) is 0.963. The fraction of sp³-hybridized carbons (Fsp3) is 0.300. The summed E-state index contributed by atoms with van der Waals surface area (Å²) in [5.74, 6) is 0.854. The molecule has 0 fully saturated rings. The molecule has 0 aliphatic carbocycles. The zero-order valence-electron chi connectivity index (χ0n) is 8.89. The van der Waals surface area contributed by atoms with E-state index in [1.165, 1.54) is 0 Å². The zero-order valence-corrected chi connectivity index (χ0v) is 10.5. The molecule has 0 saturated heterocycles. The van der Waals surface area contributed by atoms with Gasteiger partial charge in [0, 0.05) is 17.4 Å². The summed E-state index contributed by atoms with van der Waals surface area (Å²) in [4.78, 5) is 0. The Balaban J connectivity index is 2.29. The largest absolute Gasteiger partial charge is 0.319 e. The van der Waals surface area contributed by atoms with Crippen LogP contribution in [0.5, 0.6) is 0 Å². The zero-order chi connectivity index (χ0) is 11.4. The summed E-state index contributed by atoms with van der Waals surface area (Å²) in [6.07, 6.45) is 0.802. The average molecular weight is 282 g/mol. The number of rotatable bonds is 4. The lowest BCUT2D eigenvalue weighted by molar-refractivity contribution is 0.716. The molecule has 1 aromatic heterocycles. The molecule has 16 heavy (non-hydrogen) atoms. The summed E-state index contributed by atoms with van der Waals surface area (Å²) in [6.45, 7) is 0.856. The first-order valence-electron chi connectivity index (χ1n) is 4.99. The van der Waals surface area contributed by atoms with Gasteiger partial charge < -0.3 is 5.32 Å². The highest BCUT2D eigenvalue weighted by Gasteiger charge is 2.07. The van der Waals surface area contributed by atoms with E-state index in [0.29, 0.717) is 0 Å². The van der Waals surface area contributed by atoms with Crippen molar-refractivity contribution in [1.29, 1.82) is 0 Å². The van der Waals surface area contributed by atoms with E-state index in [4.69, 9.17) is 0 Å². The minimum absolute atomic E-state index is 0.802. The van der Waals surface area contributed by atoms with E-state index in [-0.39, 0.29) is 0 Å². The molecule has 0 radical (unpaired) electrons. The molecule has 6 heteroatoms. The van der Waals surface area contributed by atoms with Gasteiger partial charge in [-0.05, 0) is 35.7 Å². The Morgan fingerprint density at radius 1 is 1.44 bits per heavy atom. The van der Waals surface area contributed by atoms with Crippen molar-refractivity contribution < 1.29 is 0 Å². The van der Waals surface area contributed by atoms with Crippen LogP contribution in [0, 0.1) is 0 Å². The van der Waals surface area contributed by atoms with E-state index in [9.17, 15) is 0 Å². The van der Waals surface area contributed by atoms with Crippen LogP contribution in [0.3, 0.4) is 0 Å². The lowest BCUT2D eigenvalue weighted by Crippen LogP contribution is -2.14. The maximum Gasteiger partial charge on any atom is 0.157 e. The highest BCUT2D eigenvalue weighted by atomic mass is 79.9. The van der Waals surface area contributed by atoms with E-state index >= 15 is 0 Å². The molecule has 1 N–H and O–H groups in total. The van der Waals surface area contributed by atoms with Crippen molar-refractivity contribution in [3.63, 3.8) is 0 Å². The van der Waals surface area contributed by atoms with Crippen LogP contribution in [0.1, 0.15) is 5.82 Å². The summed E-state index contributed by atoms with van der Waals surface area (Å²) in [5, 5.41) is 14.8. The van der Waals surface area contributed by atoms with Crippen LogP contribution in [0.25, 0.3) is 5.69 Å². The third-order valence-corrected chi connectivity index (χ3v) is 2.68. The van der Waals surface area contributed by atoms with Gasteiger partial charge in [-0.2, -0.15) is 4.68 Å². The summed E-state index contributed by atoms with van der Waals surface area (Å²) < 4.78 is 2.77. The minimum Gasteiger partial charge on any atom is -0.319 e. The van der Waals surface area contributed by atoms with Crippen LogP contribution in [-0.2, 0) is 6.42 Å². The lowest BCUT2D eigenvalue weighted by atomic mass is 10.3. The minimum atomic E-state index is 0.802. The molecule has 2 rings (SSSR count). The molecule has 0 spiro atoms. The first-order valence-corrected chi connectivity index (χ1v) is 5.78. The first-order chi connectivity index (χ1) is 7.81. The topological polar surface area (TPSA) is 55.6 Å². The van der Waals surface area contributed by atoms with E-state index in [0.717, 1.165) is 29.0 Å². The van der Waals surface area contributed by atoms with Gasteiger partial charge >= 0.3 is 0 Å². The number of benzene rings is 1. The van der Waals surface area contributed by atoms with Crippen LogP contribution < -0.4 is 5.32 Å². The quantitative estimate of drug-likeness (QED) is 0.915. The van der Waals surface area contributed by atoms with Gasteiger partial charge in [0.15, 0.2) is 5.82 Å². The normalized spacial score (nSPS) is 10.6. The van der Waals surface area contributed by atoms with Crippen LogP contribution in [0.4, 0.5) is 0 Å².